The standard InChI is InChI=1S/C10H18OS/c1-2-7-11-10(4-1)5-3-8-12-9-6-10/h1-9H2. The van der Waals surface area contributed by atoms with Gasteiger partial charge in [-0.25, -0.2) is 0 Å². The van der Waals surface area contributed by atoms with E-state index in [9.17, 15) is 0 Å². The molecular weight excluding hydrogens is 168 g/mol. The van der Waals surface area contributed by atoms with Gasteiger partial charge in [-0.3, -0.25) is 0 Å². The third-order valence-electron chi connectivity index (χ3n) is 3.06. The molecule has 0 bridgehead atoms. The van der Waals surface area contributed by atoms with Gasteiger partial charge in [0.1, 0.15) is 0 Å². The zero-order chi connectivity index (χ0) is 8.28. The molecule has 1 nitrogen and oxygen atoms in total. The minimum atomic E-state index is 0.321. The molecule has 0 saturated carbocycles. The molecule has 0 aromatic carbocycles. The molecule has 1 spiro atoms. The second-order valence-corrected chi connectivity index (χ2v) is 5.18. The zero-order valence-electron chi connectivity index (χ0n) is 7.68. The molecule has 2 heteroatoms. The maximum atomic E-state index is 5.97. The minimum Gasteiger partial charge on any atom is -0.375 e. The van der Waals surface area contributed by atoms with Gasteiger partial charge in [-0.15, -0.1) is 0 Å². The largest absolute Gasteiger partial charge is 0.375 e. The van der Waals surface area contributed by atoms with Crippen LogP contribution >= 0.6 is 11.8 Å². The lowest BCUT2D eigenvalue weighted by Crippen LogP contribution is -2.36. The smallest absolute Gasteiger partial charge is 0.0690 e. The summed E-state index contributed by atoms with van der Waals surface area (Å²) in [6.45, 7) is 1.02. The Morgan fingerprint density at radius 1 is 0.917 bits per heavy atom. The minimum absolute atomic E-state index is 0.321. The van der Waals surface area contributed by atoms with Crippen LogP contribution in [0.2, 0.25) is 0 Å². The molecule has 0 aromatic rings. The van der Waals surface area contributed by atoms with Crippen LogP contribution in [-0.4, -0.2) is 23.7 Å². The van der Waals surface area contributed by atoms with Gasteiger partial charge in [0.2, 0.25) is 0 Å². The van der Waals surface area contributed by atoms with Crippen molar-refractivity contribution in [3.8, 4) is 0 Å². The fraction of sp³-hybridized carbons (Fsp3) is 1.00. The molecule has 12 heavy (non-hydrogen) atoms. The van der Waals surface area contributed by atoms with Crippen LogP contribution in [0.5, 0.6) is 0 Å². The van der Waals surface area contributed by atoms with E-state index in [1.165, 1.54) is 50.0 Å². The molecule has 0 amide bonds. The van der Waals surface area contributed by atoms with E-state index in [2.05, 4.69) is 11.8 Å². The molecule has 2 fully saturated rings. The lowest BCUT2D eigenvalue weighted by molar-refractivity contribution is -0.0843. The first-order chi connectivity index (χ1) is 5.91. The molecule has 2 aliphatic heterocycles. The molecule has 1 unspecified atom stereocenters. The van der Waals surface area contributed by atoms with Crippen LogP contribution < -0.4 is 0 Å². The molecule has 0 aromatic heterocycles. The second kappa shape index (κ2) is 4.01. The van der Waals surface area contributed by atoms with Crippen LogP contribution in [0.3, 0.4) is 0 Å². The summed E-state index contributed by atoms with van der Waals surface area (Å²) in [4.78, 5) is 0. The van der Waals surface area contributed by atoms with E-state index < -0.39 is 0 Å². The van der Waals surface area contributed by atoms with Crippen molar-refractivity contribution in [2.45, 2.75) is 44.1 Å². The number of ether oxygens (including phenoxy) is 1. The summed E-state index contributed by atoms with van der Waals surface area (Å²) in [6, 6.07) is 0. The van der Waals surface area contributed by atoms with Crippen LogP contribution in [0.1, 0.15) is 38.5 Å². The molecule has 2 heterocycles. The highest BCUT2D eigenvalue weighted by molar-refractivity contribution is 7.99. The normalized spacial score (nSPS) is 38.0. The second-order valence-electron chi connectivity index (χ2n) is 3.95. The number of thioether (sulfide) groups is 1. The lowest BCUT2D eigenvalue weighted by Gasteiger charge is -2.36. The van der Waals surface area contributed by atoms with E-state index in [1.54, 1.807) is 0 Å². The maximum Gasteiger partial charge on any atom is 0.0690 e. The molecule has 0 radical (unpaired) electrons. The summed E-state index contributed by atoms with van der Waals surface area (Å²) >= 11 is 2.10. The first-order valence-corrected chi connectivity index (χ1v) is 6.29. The first-order valence-electron chi connectivity index (χ1n) is 5.13. The fourth-order valence-corrected chi connectivity index (χ4v) is 3.35. The van der Waals surface area contributed by atoms with E-state index in [4.69, 9.17) is 4.74 Å². The summed E-state index contributed by atoms with van der Waals surface area (Å²) in [7, 11) is 0. The Morgan fingerprint density at radius 2 is 1.83 bits per heavy atom. The lowest BCUT2D eigenvalue weighted by atomic mass is 9.87. The van der Waals surface area contributed by atoms with Crippen molar-refractivity contribution in [2.75, 3.05) is 18.1 Å². The third-order valence-corrected chi connectivity index (χ3v) is 4.13. The highest BCUT2D eigenvalue weighted by atomic mass is 32.2. The summed E-state index contributed by atoms with van der Waals surface area (Å²) < 4.78 is 5.97. The summed E-state index contributed by atoms with van der Waals surface area (Å²) in [6.07, 6.45) is 8.00. The zero-order valence-corrected chi connectivity index (χ0v) is 8.50. The summed E-state index contributed by atoms with van der Waals surface area (Å²) in [5.41, 5.74) is 0.321. The number of hydrogen-bond acceptors (Lipinski definition) is 2. The quantitative estimate of drug-likeness (QED) is 0.575. The van der Waals surface area contributed by atoms with Gasteiger partial charge in [-0.2, -0.15) is 11.8 Å². The SMILES string of the molecule is C1CCC2(CCCSCC2)OC1. The Bertz CT molecular complexity index is 131. The molecule has 2 aliphatic rings. The van der Waals surface area contributed by atoms with Crippen molar-refractivity contribution in [2.24, 2.45) is 0 Å². The van der Waals surface area contributed by atoms with Crippen molar-refractivity contribution in [3.63, 3.8) is 0 Å². The molecule has 2 saturated heterocycles. The van der Waals surface area contributed by atoms with Gasteiger partial charge in [0.15, 0.2) is 0 Å². The van der Waals surface area contributed by atoms with Gasteiger partial charge in [-0.1, -0.05) is 0 Å². The highest BCUT2D eigenvalue weighted by Gasteiger charge is 2.33. The van der Waals surface area contributed by atoms with Gasteiger partial charge < -0.3 is 4.74 Å². The van der Waals surface area contributed by atoms with Gasteiger partial charge in [0.05, 0.1) is 5.60 Å². The van der Waals surface area contributed by atoms with Crippen LogP contribution in [-0.2, 0) is 4.74 Å². The molecular formula is C10H18OS. The van der Waals surface area contributed by atoms with Crippen molar-refractivity contribution in [1.82, 2.24) is 0 Å². The summed E-state index contributed by atoms with van der Waals surface area (Å²) in [5.74, 6) is 2.67. The molecule has 0 aliphatic carbocycles. The monoisotopic (exact) mass is 186 g/mol. The van der Waals surface area contributed by atoms with Gasteiger partial charge in [-0.05, 0) is 50.0 Å². The Kier molecular flexibility index (Phi) is 2.97. The fourth-order valence-electron chi connectivity index (χ4n) is 2.29. The van der Waals surface area contributed by atoms with Gasteiger partial charge in [0.25, 0.3) is 0 Å². The van der Waals surface area contributed by atoms with Crippen LogP contribution in [0.4, 0.5) is 0 Å². The average Bonchev–Trinajstić information content (AvgIpc) is 2.33. The van der Waals surface area contributed by atoms with E-state index in [1.807, 2.05) is 0 Å². The van der Waals surface area contributed by atoms with Crippen molar-refractivity contribution in [1.29, 1.82) is 0 Å². The molecule has 0 N–H and O–H groups in total. The van der Waals surface area contributed by atoms with E-state index >= 15 is 0 Å². The molecule has 1 atom stereocenters. The van der Waals surface area contributed by atoms with Crippen LogP contribution in [0, 0.1) is 0 Å². The van der Waals surface area contributed by atoms with E-state index in [-0.39, 0.29) is 0 Å². The Hall–Kier alpha value is 0.310. The summed E-state index contributed by atoms with van der Waals surface area (Å²) in [5, 5.41) is 0. The van der Waals surface area contributed by atoms with Crippen LogP contribution in [0.15, 0.2) is 0 Å². The van der Waals surface area contributed by atoms with Crippen LogP contribution in [0.25, 0.3) is 0 Å². The Labute approximate surface area is 79.2 Å². The first kappa shape index (κ1) is 8.89. The van der Waals surface area contributed by atoms with Crippen molar-refractivity contribution in [3.05, 3.63) is 0 Å². The Morgan fingerprint density at radius 3 is 2.67 bits per heavy atom. The third kappa shape index (κ3) is 1.97. The van der Waals surface area contributed by atoms with E-state index in [0.29, 0.717) is 5.60 Å². The average molecular weight is 186 g/mol. The molecule has 2 rings (SSSR count). The number of hydrogen-bond donors (Lipinski definition) is 0. The Balaban J connectivity index is 1.95. The van der Waals surface area contributed by atoms with Crippen molar-refractivity contribution < 1.29 is 4.74 Å². The number of rotatable bonds is 0. The highest BCUT2D eigenvalue weighted by Crippen LogP contribution is 2.36. The topological polar surface area (TPSA) is 9.23 Å². The van der Waals surface area contributed by atoms with Gasteiger partial charge >= 0.3 is 0 Å². The molecule has 70 valence electrons. The van der Waals surface area contributed by atoms with E-state index in [0.717, 1.165) is 6.61 Å². The van der Waals surface area contributed by atoms with Gasteiger partial charge in [0, 0.05) is 6.61 Å². The predicted octanol–water partition coefficient (Wildman–Crippen LogP) is 2.84. The predicted molar refractivity (Wildman–Crippen MR) is 53.7 cm³/mol. The van der Waals surface area contributed by atoms with Crippen molar-refractivity contribution >= 4 is 11.8 Å². The maximum absolute atomic E-state index is 5.97.